The van der Waals surface area contributed by atoms with Gasteiger partial charge in [0.1, 0.15) is 6.04 Å². The molecule has 3 N–H and O–H groups in total. The van der Waals surface area contributed by atoms with E-state index in [-0.39, 0.29) is 29.5 Å². The Kier molecular flexibility index (Phi) is 11.4. The van der Waals surface area contributed by atoms with E-state index < -0.39 is 6.04 Å². The number of carbonyl (C=O) groups excluding carboxylic acids is 4. The Labute approximate surface area is 304 Å². The Balaban J connectivity index is 1.11. The number of rotatable bonds is 11. The summed E-state index contributed by atoms with van der Waals surface area (Å²) in [6.45, 7) is 4.07. The van der Waals surface area contributed by atoms with E-state index >= 15 is 0 Å². The number of aromatic nitrogens is 1. The lowest BCUT2D eigenvalue weighted by atomic mass is 9.90. The van der Waals surface area contributed by atoms with E-state index in [2.05, 4.69) is 20.5 Å². The molecule has 11 heteroatoms. The van der Waals surface area contributed by atoms with Gasteiger partial charge in [-0.15, -0.1) is 0 Å². The van der Waals surface area contributed by atoms with Crippen LogP contribution in [-0.2, 0) is 27.2 Å². The number of para-hydroxylation sites is 1. The molecule has 0 bridgehead atoms. The Bertz CT molecular complexity index is 1880. The first-order chi connectivity index (χ1) is 24.5. The van der Waals surface area contributed by atoms with Gasteiger partial charge < -0.3 is 30.3 Å². The second-order valence-electron chi connectivity index (χ2n) is 14.3. The number of anilines is 2. The fourth-order valence-electron chi connectivity index (χ4n) is 7.58. The van der Waals surface area contributed by atoms with Crippen LogP contribution in [0.3, 0.4) is 0 Å². The molecule has 0 saturated carbocycles. The maximum Gasteiger partial charge on any atom is 0.253 e. The van der Waals surface area contributed by atoms with Crippen LogP contribution in [0.4, 0.5) is 11.4 Å². The van der Waals surface area contributed by atoms with Crippen LogP contribution < -0.4 is 15.5 Å². The molecule has 10 nitrogen and oxygen atoms in total. The van der Waals surface area contributed by atoms with E-state index in [9.17, 15) is 19.2 Å². The van der Waals surface area contributed by atoms with Crippen LogP contribution in [0.2, 0.25) is 5.02 Å². The van der Waals surface area contributed by atoms with Gasteiger partial charge in [-0.1, -0.05) is 29.8 Å². The molecule has 2 aliphatic heterocycles. The summed E-state index contributed by atoms with van der Waals surface area (Å²) in [7, 11) is 4.08. The van der Waals surface area contributed by atoms with Crippen molar-refractivity contribution in [2.75, 3.05) is 50.5 Å². The zero-order chi connectivity index (χ0) is 36.1. The average Bonchev–Trinajstić information content (AvgIpc) is 3.52. The van der Waals surface area contributed by atoms with Crippen molar-refractivity contribution in [1.29, 1.82) is 0 Å². The zero-order valence-electron chi connectivity index (χ0n) is 29.6. The van der Waals surface area contributed by atoms with E-state index in [0.29, 0.717) is 61.1 Å². The van der Waals surface area contributed by atoms with Crippen LogP contribution in [0.1, 0.15) is 54.1 Å². The highest BCUT2D eigenvalue weighted by atomic mass is 35.5. The number of H-pyrrole nitrogens is 1. The second-order valence-corrected chi connectivity index (χ2v) is 14.7. The number of aromatic amines is 1. The van der Waals surface area contributed by atoms with Gasteiger partial charge in [0.05, 0.1) is 0 Å². The predicted octanol–water partition coefficient (Wildman–Crippen LogP) is 5.91. The van der Waals surface area contributed by atoms with Crippen molar-refractivity contribution in [1.82, 2.24) is 20.1 Å². The van der Waals surface area contributed by atoms with Gasteiger partial charge in [-0.25, -0.2) is 0 Å². The minimum absolute atomic E-state index is 0.0337. The summed E-state index contributed by atoms with van der Waals surface area (Å²) in [4.78, 5) is 61.8. The number of hydrogen-bond acceptors (Lipinski definition) is 5. The number of hydrogen-bond donors (Lipinski definition) is 3. The quantitative estimate of drug-likeness (QED) is 0.179. The molecule has 1 saturated heterocycles. The largest absolute Gasteiger partial charge is 0.361 e. The number of benzene rings is 3. The number of nitrogens with zero attached hydrogens (tertiary/aromatic N) is 3. The third-order valence-electron chi connectivity index (χ3n) is 10.0. The van der Waals surface area contributed by atoms with Crippen molar-refractivity contribution in [3.05, 3.63) is 94.6 Å². The van der Waals surface area contributed by atoms with Crippen LogP contribution in [-0.4, -0.2) is 84.7 Å². The Morgan fingerprint density at radius 3 is 2.45 bits per heavy atom. The molecule has 0 spiro atoms. The lowest BCUT2D eigenvalue weighted by molar-refractivity contribution is -0.127. The number of halogens is 1. The SMILES string of the molecule is CC(=O)Nc1ccc(C(=O)N2CCC(CCC(=O)N[C@H](Cc3c[nH]c4ccccc34)C(=O)N3C[C@@H](CN(C)C)Cc4cc(Cl)ccc43)CC2)cc1. The van der Waals surface area contributed by atoms with Crippen molar-refractivity contribution < 1.29 is 19.2 Å². The maximum atomic E-state index is 14.6. The maximum absolute atomic E-state index is 14.6. The molecule has 0 radical (unpaired) electrons. The Morgan fingerprint density at radius 2 is 1.73 bits per heavy atom. The first-order valence-electron chi connectivity index (χ1n) is 17.8. The molecule has 1 aromatic heterocycles. The fourth-order valence-corrected chi connectivity index (χ4v) is 7.77. The van der Waals surface area contributed by atoms with Gasteiger partial charge in [-0.05, 0) is 111 Å². The summed E-state index contributed by atoms with van der Waals surface area (Å²) in [5.41, 5.74) is 5.09. The summed E-state index contributed by atoms with van der Waals surface area (Å²) in [6.07, 6.45) is 5.72. The number of amides is 4. The van der Waals surface area contributed by atoms with Gasteiger partial charge in [0, 0.05) is 85.0 Å². The molecule has 51 heavy (non-hydrogen) atoms. The molecule has 4 aromatic rings. The minimum Gasteiger partial charge on any atom is -0.361 e. The highest BCUT2D eigenvalue weighted by Gasteiger charge is 2.34. The van der Waals surface area contributed by atoms with Crippen molar-refractivity contribution in [3.63, 3.8) is 0 Å². The number of likely N-dealkylation sites (tertiary alicyclic amines) is 1. The van der Waals surface area contributed by atoms with E-state index in [1.165, 1.54) is 6.92 Å². The standard InChI is InChI=1S/C40H47ClN6O4/c1-26(48)43-33-12-9-29(10-13-33)39(50)46-18-16-27(17-19-46)8-15-38(49)44-36(22-31-23-42-35-7-5-4-6-34(31)35)40(51)47-25-28(24-45(2)3)20-30-21-32(41)11-14-37(30)47/h4-7,9-14,21,23,27-28,36,42H,8,15-20,22,24-25H2,1-3H3,(H,43,48)(H,44,49)/t28-,36-/m1/s1. The van der Waals surface area contributed by atoms with Crippen LogP contribution in [0.15, 0.2) is 72.9 Å². The normalized spacial score (nSPS) is 16.9. The molecule has 2 atom stereocenters. The second kappa shape index (κ2) is 16.1. The zero-order valence-corrected chi connectivity index (χ0v) is 30.3. The van der Waals surface area contributed by atoms with Crippen molar-refractivity contribution in [3.8, 4) is 0 Å². The highest BCUT2D eigenvalue weighted by molar-refractivity contribution is 6.30. The molecule has 0 aliphatic carbocycles. The molecule has 2 aliphatic rings. The molecule has 3 aromatic carbocycles. The third kappa shape index (κ3) is 8.98. The summed E-state index contributed by atoms with van der Waals surface area (Å²) < 4.78 is 0. The van der Waals surface area contributed by atoms with Gasteiger partial charge in [0.2, 0.25) is 17.7 Å². The number of fused-ring (bicyclic) bond motifs is 2. The highest BCUT2D eigenvalue weighted by Crippen LogP contribution is 2.33. The number of nitrogens with one attached hydrogen (secondary N) is 3. The van der Waals surface area contributed by atoms with Crippen LogP contribution in [0.5, 0.6) is 0 Å². The molecular formula is C40H47ClN6O4. The molecule has 1 fully saturated rings. The van der Waals surface area contributed by atoms with Crippen molar-refractivity contribution in [2.24, 2.45) is 11.8 Å². The van der Waals surface area contributed by atoms with E-state index in [1.54, 1.807) is 24.3 Å². The molecule has 0 unspecified atom stereocenters. The van der Waals surface area contributed by atoms with Gasteiger partial charge in [0.25, 0.3) is 5.91 Å². The smallest absolute Gasteiger partial charge is 0.253 e. The van der Waals surface area contributed by atoms with Gasteiger partial charge in [-0.3, -0.25) is 19.2 Å². The molecule has 4 amide bonds. The monoisotopic (exact) mass is 710 g/mol. The predicted molar refractivity (Wildman–Crippen MR) is 202 cm³/mol. The third-order valence-corrected chi connectivity index (χ3v) is 10.3. The summed E-state index contributed by atoms with van der Waals surface area (Å²) >= 11 is 6.40. The average molecular weight is 711 g/mol. The molecule has 268 valence electrons. The van der Waals surface area contributed by atoms with E-state index in [1.807, 2.05) is 72.6 Å². The topological polar surface area (TPSA) is 118 Å². The van der Waals surface area contributed by atoms with Crippen LogP contribution >= 0.6 is 11.6 Å². The molecule has 3 heterocycles. The van der Waals surface area contributed by atoms with E-state index in [0.717, 1.165) is 53.5 Å². The molecular weight excluding hydrogens is 664 g/mol. The van der Waals surface area contributed by atoms with Gasteiger partial charge in [-0.2, -0.15) is 0 Å². The number of piperidine rings is 1. The first kappa shape index (κ1) is 36.1. The van der Waals surface area contributed by atoms with Gasteiger partial charge >= 0.3 is 0 Å². The van der Waals surface area contributed by atoms with Gasteiger partial charge in [0.15, 0.2) is 0 Å². The van der Waals surface area contributed by atoms with Crippen LogP contribution in [0, 0.1) is 11.8 Å². The Morgan fingerprint density at radius 1 is 0.980 bits per heavy atom. The van der Waals surface area contributed by atoms with E-state index in [4.69, 9.17) is 11.6 Å². The van der Waals surface area contributed by atoms with Crippen molar-refractivity contribution >= 4 is 57.5 Å². The lowest BCUT2D eigenvalue weighted by Crippen LogP contribution is -2.53. The fraction of sp³-hybridized carbons (Fsp3) is 0.400. The summed E-state index contributed by atoms with van der Waals surface area (Å²) in [6, 6.07) is 19.9. The number of carbonyl (C=O) groups is 4. The summed E-state index contributed by atoms with van der Waals surface area (Å²) in [5, 5.41) is 7.54. The summed E-state index contributed by atoms with van der Waals surface area (Å²) in [5.74, 6) is 0.0549. The Hall–Kier alpha value is -4.67. The minimum atomic E-state index is -0.755. The first-order valence-corrected chi connectivity index (χ1v) is 18.2. The lowest BCUT2D eigenvalue weighted by Gasteiger charge is -2.37. The molecule has 6 rings (SSSR count). The van der Waals surface area contributed by atoms with Crippen LogP contribution in [0.25, 0.3) is 10.9 Å². The van der Waals surface area contributed by atoms with Crippen molar-refractivity contribution in [2.45, 2.75) is 51.5 Å².